The highest BCUT2D eigenvalue weighted by Crippen LogP contribution is 2.43. The molecule has 0 bridgehead atoms. The van der Waals surface area contributed by atoms with E-state index in [1.165, 1.54) is 0 Å². The number of benzene rings is 1. The molecule has 0 unspecified atom stereocenters. The van der Waals surface area contributed by atoms with Gasteiger partial charge in [0.05, 0.1) is 22.9 Å². The van der Waals surface area contributed by atoms with E-state index < -0.39 is 17.6 Å². The second-order valence-electron chi connectivity index (χ2n) is 12.6. The van der Waals surface area contributed by atoms with Crippen LogP contribution < -0.4 is 4.74 Å². The fourth-order valence-electron chi connectivity index (χ4n) is 5.04. The van der Waals surface area contributed by atoms with Crippen LogP contribution in [0, 0.1) is 0 Å². The fraction of sp³-hybridized carbons (Fsp3) is 0.516. The van der Waals surface area contributed by atoms with Gasteiger partial charge in [0, 0.05) is 47.3 Å². The summed E-state index contributed by atoms with van der Waals surface area (Å²) in [5, 5.41) is 14.1. The number of phenolic OH excluding ortho intramolecular Hbond substituents is 1. The number of aromatic nitrogens is 2. The summed E-state index contributed by atoms with van der Waals surface area (Å²) in [6.07, 6.45) is -2.54. The van der Waals surface area contributed by atoms with Gasteiger partial charge in [-0.3, -0.25) is 4.79 Å². The number of ether oxygens (including phenoxy) is 1. The number of nitrogens with zero attached hydrogens (tertiary/aromatic N) is 3. The predicted molar refractivity (Wildman–Crippen MR) is 155 cm³/mol. The van der Waals surface area contributed by atoms with E-state index in [4.69, 9.17) is 9.72 Å². The van der Waals surface area contributed by atoms with Crippen molar-refractivity contribution in [3.05, 3.63) is 57.2 Å². The first-order valence-electron chi connectivity index (χ1n) is 13.8. The summed E-state index contributed by atoms with van der Waals surface area (Å²) in [6, 6.07) is 4.89. The average Bonchev–Trinajstić information content (AvgIpc) is 3.37. The van der Waals surface area contributed by atoms with Crippen LogP contribution in [0.1, 0.15) is 99.4 Å². The van der Waals surface area contributed by atoms with E-state index in [1.54, 1.807) is 23.2 Å². The van der Waals surface area contributed by atoms with E-state index >= 15 is 0 Å². The monoisotopic (exact) mass is 589 g/mol. The molecule has 1 aliphatic rings. The SMILES string of the molecule is CCOc1cc(C(F)(F)F)cnc1C(=O)N1CCC(c2nc(-c3cc(C(C)(C)C)c(O)c(C(C)(C)C)c3)cs2)CC1. The molecule has 222 valence electrons. The first-order chi connectivity index (χ1) is 19.0. The predicted octanol–water partition coefficient (Wildman–Crippen LogP) is 7.94. The highest BCUT2D eigenvalue weighted by molar-refractivity contribution is 7.10. The quantitative estimate of drug-likeness (QED) is 0.327. The average molecular weight is 590 g/mol. The molecule has 10 heteroatoms. The molecule has 6 nitrogen and oxygen atoms in total. The molecule has 0 radical (unpaired) electrons. The Morgan fingerprint density at radius 2 is 1.63 bits per heavy atom. The maximum Gasteiger partial charge on any atom is 0.418 e. The molecule has 0 aliphatic carbocycles. The van der Waals surface area contributed by atoms with Gasteiger partial charge in [-0.25, -0.2) is 9.97 Å². The van der Waals surface area contributed by atoms with Crippen LogP contribution in [0.4, 0.5) is 13.2 Å². The second-order valence-corrected chi connectivity index (χ2v) is 13.4. The van der Waals surface area contributed by atoms with Crippen molar-refractivity contribution < 1.29 is 27.8 Å². The maximum absolute atomic E-state index is 13.2. The number of pyridine rings is 1. The molecular weight excluding hydrogens is 551 g/mol. The number of hydrogen-bond donors (Lipinski definition) is 1. The van der Waals surface area contributed by atoms with E-state index in [0.717, 1.165) is 33.5 Å². The molecule has 2 aromatic heterocycles. The molecule has 0 saturated carbocycles. The molecule has 1 aliphatic heterocycles. The number of hydrogen-bond acceptors (Lipinski definition) is 6. The molecule has 3 aromatic rings. The Morgan fingerprint density at radius 3 is 2.15 bits per heavy atom. The van der Waals surface area contributed by atoms with Gasteiger partial charge >= 0.3 is 6.18 Å². The van der Waals surface area contributed by atoms with Gasteiger partial charge in [0.15, 0.2) is 11.4 Å². The van der Waals surface area contributed by atoms with E-state index in [2.05, 4.69) is 46.5 Å². The zero-order chi connectivity index (χ0) is 30.3. The van der Waals surface area contributed by atoms with Crippen molar-refractivity contribution in [3.8, 4) is 22.8 Å². The van der Waals surface area contributed by atoms with Crippen LogP contribution in [0.5, 0.6) is 11.5 Å². The number of alkyl halides is 3. The Bertz CT molecular complexity index is 1380. The van der Waals surface area contributed by atoms with E-state index in [9.17, 15) is 23.1 Å². The lowest BCUT2D eigenvalue weighted by Gasteiger charge is -2.31. The molecule has 1 fully saturated rings. The van der Waals surface area contributed by atoms with Crippen LogP contribution in [0.15, 0.2) is 29.8 Å². The van der Waals surface area contributed by atoms with Crippen molar-refractivity contribution in [2.45, 2.75) is 84.2 Å². The van der Waals surface area contributed by atoms with Gasteiger partial charge in [-0.05, 0) is 48.8 Å². The number of amides is 1. The van der Waals surface area contributed by atoms with Gasteiger partial charge in [-0.2, -0.15) is 13.2 Å². The van der Waals surface area contributed by atoms with Crippen LogP contribution in [0.2, 0.25) is 0 Å². The molecule has 4 rings (SSSR count). The topological polar surface area (TPSA) is 75.5 Å². The van der Waals surface area contributed by atoms with Crippen molar-refractivity contribution >= 4 is 17.2 Å². The highest BCUT2D eigenvalue weighted by atomic mass is 32.1. The zero-order valence-electron chi connectivity index (χ0n) is 24.6. The Labute approximate surface area is 243 Å². The van der Waals surface area contributed by atoms with E-state index in [1.807, 2.05) is 17.5 Å². The first-order valence-corrected chi connectivity index (χ1v) is 14.7. The van der Waals surface area contributed by atoms with Crippen LogP contribution in [-0.4, -0.2) is 45.6 Å². The normalized spacial score (nSPS) is 15.3. The number of piperidine rings is 1. The Kier molecular flexibility index (Phi) is 8.47. The van der Waals surface area contributed by atoms with Crippen molar-refractivity contribution in [1.29, 1.82) is 0 Å². The summed E-state index contributed by atoms with van der Waals surface area (Å²) in [4.78, 5) is 23.6. The Hall–Kier alpha value is -3.14. The van der Waals surface area contributed by atoms with Gasteiger partial charge < -0.3 is 14.7 Å². The third-order valence-corrected chi connectivity index (χ3v) is 8.36. The molecule has 0 atom stereocenters. The molecule has 0 spiro atoms. The van der Waals surface area contributed by atoms with Gasteiger partial charge in [0.25, 0.3) is 5.91 Å². The summed E-state index contributed by atoms with van der Waals surface area (Å²) in [5.74, 6) is -0.103. The van der Waals surface area contributed by atoms with E-state index in [0.29, 0.717) is 37.9 Å². The number of thiazole rings is 1. The van der Waals surface area contributed by atoms with Crippen molar-refractivity contribution in [2.24, 2.45) is 0 Å². The van der Waals surface area contributed by atoms with Crippen LogP contribution >= 0.6 is 11.3 Å². The summed E-state index contributed by atoms with van der Waals surface area (Å²) >= 11 is 1.58. The standard InChI is InChI=1S/C31H38F3N3O3S/c1-8-40-24-15-20(31(32,33)34)16-35-25(24)28(39)37-11-9-18(10-12-37)27-36-23(17-41-27)19-13-21(29(2,3)4)26(38)22(14-19)30(5,6)7/h13-18,38H,8-12H2,1-7H3. The third kappa shape index (κ3) is 6.68. The summed E-state index contributed by atoms with van der Waals surface area (Å²) in [6.45, 7) is 15.1. The number of phenols is 1. The lowest BCUT2D eigenvalue weighted by atomic mass is 9.78. The van der Waals surface area contributed by atoms with Gasteiger partial charge in [-0.1, -0.05) is 41.5 Å². The number of carbonyl (C=O) groups excluding carboxylic acids is 1. The van der Waals surface area contributed by atoms with Gasteiger partial charge in [-0.15, -0.1) is 11.3 Å². The van der Waals surface area contributed by atoms with Crippen molar-refractivity contribution in [3.63, 3.8) is 0 Å². The molecule has 3 heterocycles. The zero-order valence-corrected chi connectivity index (χ0v) is 25.5. The summed E-state index contributed by atoms with van der Waals surface area (Å²) < 4.78 is 44.8. The highest BCUT2D eigenvalue weighted by Gasteiger charge is 2.34. The minimum Gasteiger partial charge on any atom is -0.507 e. The minimum atomic E-state index is -4.58. The lowest BCUT2D eigenvalue weighted by Crippen LogP contribution is -2.38. The lowest BCUT2D eigenvalue weighted by molar-refractivity contribution is -0.138. The molecule has 1 N–H and O–H groups in total. The number of rotatable bonds is 5. The van der Waals surface area contributed by atoms with Crippen molar-refractivity contribution in [2.75, 3.05) is 19.7 Å². The summed E-state index contributed by atoms with van der Waals surface area (Å²) in [5.41, 5.74) is 2.03. The largest absolute Gasteiger partial charge is 0.507 e. The number of carbonyl (C=O) groups is 1. The van der Waals surface area contributed by atoms with E-state index in [-0.39, 0.29) is 34.8 Å². The van der Waals surface area contributed by atoms with Crippen LogP contribution in [0.25, 0.3) is 11.3 Å². The summed E-state index contributed by atoms with van der Waals surface area (Å²) in [7, 11) is 0. The second kappa shape index (κ2) is 11.3. The molecule has 41 heavy (non-hydrogen) atoms. The molecule has 1 saturated heterocycles. The maximum atomic E-state index is 13.2. The van der Waals surface area contributed by atoms with Gasteiger partial charge in [0.2, 0.25) is 0 Å². The van der Waals surface area contributed by atoms with Gasteiger partial charge in [0.1, 0.15) is 5.75 Å². The van der Waals surface area contributed by atoms with Crippen molar-refractivity contribution in [1.82, 2.24) is 14.9 Å². The minimum absolute atomic E-state index is 0.105. The number of aromatic hydroxyl groups is 1. The Morgan fingerprint density at radius 1 is 1.05 bits per heavy atom. The van der Waals surface area contributed by atoms with Crippen LogP contribution in [0.3, 0.4) is 0 Å². The molecular formula is C31H38F3N3O3S. The Balaban J connectivity index is 1.52. The first kappa shape index (κ1) is 30.8. The fourth-order valence-corrected chi connectivity index (χ4v) is 6.04. The number of halogens is 3. The smallest absolute Gasteiger partial charge is 0.418 e. The molecule has 1 amide bonds. The number of likely N-dealkylation sites (tertiary alicyclic amines) is 1. The third-order valence-electron chi connectivity index (χ3n) is 7.36. The van der Waals surface area contributed by atoms with Crippen LogP contribution in [-0.2, 0) is 17.0 Å². The molecule has 1 aromatic carbocycles.